The van der Waals surface area contributed by atoms with Crippen molar-refractivity contribution in [3.63, 3.8) is 0 Å². The summed E-state index contributed by atoms with van der Waals surface area (Å²) in [6.45, 7) is 2.34. The number of nitrogens with one attached hydrogen (secondary N) is 1. The van der Waals surface area contributed by atoms with Crippen LogP contribution < -0.4 is 18.5 Å². The molecule has 1 fully saturated rings. The van der Waals surface area contributed by atoms with Gasteiger partial charge >= 0.3 is 0 Å². The Morgan fingerprint density at radius 2 is 1.83 bits per heavy atom. The molecule has 1 saturated heterocycles. The molecule has 10 heteroatoms. The Hall–Kier alpha value is -2.46. The SMILES string of the molecule is CCOc1ccc(N2CCCCS2(=O)=O)cc1S(=O)(=O)Nc1ccc(OC)cc1. The van der Waals surface area contributed by atoms with Crippen molar-refractivity contribution in [3.05, 3.63) is 42.5 Å². The van der Waals surface area contributed by atoms with Gasteiger partial charge in [-0.1, -0.05) is 0 Å². The second-order valence-electron chi connectivity index (χ2n) is 6.49. The average Bonchev–Trinajstić information content (AvgIpc) is 2.68. The van der Waals surface area contributed by atoms with Gasteiger partial charge in [0, 0.05) is 12.2 Å². The Labute approximate surface area is 171 Å². The highest BCUT2D eigenvalue weighted by atomic mass is 32.2. The van der Waals surface area contributed by atoms with Gasteiger partial charge in [-0.05, 0) is 62.2 Å². The van der Waals surface area contributed by atoms with Crippen LogP contribution in [0.2, 0.25) is 0 Å². The molecule has 0 saturated carbocycles. The highest BCUT2D eigenvalue weighted by Crippen LogP contribution is 2.33. The predicted molar refractivity (Wildman–Crippen MR) is 112 cm³/mol. The number of benzene rings is 2. The molecule has 1 N–H and O–H groups in total. The minimum Gasteiger partial charge on any atom is -0.497 e. The molecule has 29 heavy (non-hydrogen) atoms. The molecule has 1 aliphatic rings. The van der Waals surface area contributed by atoms with Gasteiger partial charge in [-0.15, -0.1) is 0 Å². The van der Waals surface area contributed by atoms with E-state index in [1.54, 1.807) is 37.3 Å². The summed E-state index contributed by atoms with van der Waals surface area (Å²) >= 11 is 0. The number of anilines is 2. The van der Waals surface area contributed by atoms with Gasteiger partial charge in [0.25, 0.3) is 10.0 Å². The molecule has 0 aromatic heterocycles. The van der Waals surface area contributed by atoms with Crippen LogP contribution in [0.15, 0.2) is 47.4 Å². The number of hydrogen-bond donors (Lipinski definition) is 1. The number of nitrogens with zero attached hydrogens (tertiary/aromatic N) is 1. The van der Waals surface area contributed by atoms with E-state index < -0.39 is 20.0 Å². The van der Waals surface area contributed by atoms with Gasteiger partial charge in [0.05, 0.1) is 25.2 Å². The molecule has 0 amide bonds. The van der Waals surface area contributed by atoms with Crippen LogP contribution in [-0.4, -0.2) is 42.8 Å². The maximum atomic E-state index is 13.1. The Bertz CT molecular complexity index is 1070. The van der Waals surface area contributed by atoms with Crippen LogP contribution in [0.4, 0.5) is 11.4 Å². The summed E-state index contributed by atoms with van der Waals surface area (Å²) in [6.07, 6.45) is 1.32. The molecule has 2 aromatic carbocycles. The van der Waals surface area contributed by atoms with Crippen LogP contribution in [-0.2, 0) is 20.0 Å². The molecule has 0 unspecified atom stereocenters. The standard InChI is InChI=1S/C19H24N2O6S2/c1-3-27-18-11-8-16(21-12-4-5-13-28(21,22)23)14-19(18)29(24,25)20-15-6-9-17(26-2)10-7-15/h6-11,14,20H,3-5,12-13H2,1-2H3. The Balaban J connectivity index is 2.00. The number of methoxy groups -OCH3 is 1. The zero-order valence-corrected chi connectivity index (χ0v) is 17.9. The largest absolute Gasteiger partial charge is 0.497 e. The minimum absolute atomic E-state index is 0.0480. The van der Waals surface area contributed by atoms with Gasteiger partial charge in [-0.25, -0.2) is 16.8 Å². The van der Waals surface area contributed by atoms with Crippen molar-refractivity contribution >= 4 is 31.4 Å². The first-order chi connectivity index (χ1) is 13.8. The molecule has 158 valence electrons. The Morgan fingerprint density at radius 3 is 2.45 bits per heavy atom. The topological polar surface area (TPSA) is 102 Å². The molecule has 8 nitrogen and oxygen atoms in total. The lowest BCUT2D eigenvalue weighted by molar-refractivity contribution is 0.331. The molecule has 0 spiro atoms. The second-order valence-corrected chi connectivity index (χ2v) is 10.2. The molecule has 0 atom stereocenters. The van der Waals surface area contributed by atoms with Gasteiger partial charge in [-0.2, -0.15) is 0 Å². The molecular weight excluding hydrogens is 416 g/mol. The number of sulfonamides is 2. The van der Waals surface area contributed by atoms with Crippen molar-refractivity contribution < 1.29 is 26.3 Å². The van der Waals surface area contributed by atoms with Crippen molar-refractivity contribution in [1.29, 1.82) is 0 Å². The summed E-state index contributed by atoms with van der Waals surface area (Å²) in [4.78, 5) is -0.117. The quantitative estimate of drug-likeness (QED) is 0.710. The average molecular weight is 441 g/mol. The van der Waals surface area contributed by atoms with E-state index in [0.29, 0.717) is 30.1 Å². The molecule has 0 radical (unpaired) electrons. The molecule has 3 rings (SSSR count). The van der Waals surface area contributed by atoms with E-state index in [9.17, 15) is 16.8 Å². The highest BCUT2D eigenvalue weighted by Gasteiger charge is 2.29. The fraction of sp³-hybridized carbons (Fsp3) is 0.368. The zero-order valence-electron chi connectivity index (χ0n) is 16.3. The number of ether oxygens (including phenoxy) is 2. The number of hydrogen-bond acceptors (Lipinski definition) is 6. The highest BCUT2D eigenvalue weighted by molar-refractivity contribution is 7.93. The van der Waals surface area contributed by atoms with Crippen LogP contribution in [0.1, 0.15) is 19.8 Å². The fourth-order valence-corrected chi connectivity index (χ4v) is 5.94. The monoisotopic (exact) mass is 440 g/mol. The van der Waals surface area contributed by atoms with E-state index in [4.69, 9.17) is 9.47 Å². The lowest BCUT2D eigenvalue weighted by Crippen LogP contribution is -2.37. The van der Waals surface area contributed by atoms with E-state index in [1.807, 2.05) is 0 Å². The van der Waals surface area contributed by atoms with E-state index in [-0.39, 0.29) is 23.0 Å². The van der Waals surface area contributed by atoms with Crippen molar-refractivity contribution in [1.82, 2.24) is 0 Å². The zero-order chi connectivity index (χ0) is 21.1. The van der Waals surface area contributed by atoms with Crippen LogP contribution >= 0.6 is 0 Å². The summed E-state index contributed by atoms with van der Waals surface area (Å²) in [5, 5.41) is 0. The molecule has 1 heterocycles. The van der Waals surface area contributed by atoms with Gasteiger partial charge in [0.1, 0.15) is 16.4 Å². The first kappa shape index (κ1) is 21.3. The van der Waals surface area contributed by atoms with Gasteiger partial charge in [0.15, 0.2) is 0 Å². The van der Waals surface area contributed by atoms with E-state index in [1.165, 1.54) is 23.5 Å². The van der Waals surface area contributed by atoms with Gasteiger partial charge < -0.3 is 9.47 Å². The summed E-state index contributed by atoms with van der Waals surface area (Å²) in [5.41, 5.74) is 0.660. The van der Waals surface area contributed by atoms with Gasteiger partial charge in [0.2, 0.25) is 10.0 Å². The second kappa shape index (κ2) is 8.50. The lowest BCUT2D eigenvalue weighted by Gasteiger charge is -2.28. The van der Waals surface area contributed by atoms with Crippen molar-refractivity contribution in [2.45, 2.75) is 24.7 Å². The van der Waals surface area contributed by atoms with Crippen LogP contribution in [0, 0.1) is 0 Å². The fourth-order valence-electron chi connectivity index (χ4n) is 3.08. The van der Waals surface area contributed by atoms with E-state index >= 15 is 0 Å². The first-order valence-corrected chi connectivity index (χ1v) is 12.3. The molecule has 0 bridgehead atoms. The summed E-state index contributed by atoms with van der Waals surface area (Å²) in [5.74, 6) is 0.804. The predicted octanol–water partition coefficient (Wildman–Crippen LogP) is 2.82. The third-order valence-electron chi connectivity index (χ3n) is 4.50. The summed E-state index contributed by atoms with van der Waals surface area (Å²) in [7, 11) is -5.97. The smallest absolute Gasteiger partial charge is 0.265 e. The molecule has 2 aromatic rings. The Morgan fingerprint density at radius 1 is 1.10 bits per heavy atom. The summed E-state index contributed by atoms with van der Waals surface area (Å²) in [6, 6.07) is 10.8. The third kappa shape index (κ3) is 4.76. The van der Waals surface area contributed by atoms with Crippen molar-refractivity contribution in [2.24, 2.45) is 0 Å². The van der Waals surface area contributed by atoms with Crippen molar-refractivity contribution in [3.8, 4) is 11.5 Å². The molecule has 1 aliphatic heterocycles. The van der Waals surface area contributed by atoms with E-state index in [2.05, 4.69) is 4.72 Å². The first-order valence-electron chi connectivity index (χ1n) is 9.21. The maximum absolute atomic E-state index is 13.1. The normalized spacial score (nSPS) is 16.3. The Kier molecular flexibility index (Phi) is 6.23. The maximum Gasteiger partial charge on any atom is 0.265 e. The summed E-state index contributed by atoms with van der Waals surface area (Å²) < 4.78 is 65.3. The van der Waals surface area contributed by atoms with Crippen LogP contribution in [0.3, 0.4) is 0 Å². The molecular formula is C19H24N2O6S2. The van der Waals surface area contributed by atoms with Crippen molar-refractivity contribution in [2.75, 3.05) is 35.0 Å². The van der Waals surface area contributed by atoms with Crippen LogP contribution in [0.5, 0.6) is 11.5 Å². The molecule has 0 aliphatic carbocycles. The van der Waals surface area contributed by atoms with E-state index in [0.717, 1.165) is 6.42 Å². The minimum atomic E-state index is -4.02. The van der Waals surface area contributed by atoms with Gasteiger partial charge in [-0.3, -0.25) is 9.03 Å². The third-order valence-corrected chi connectivity index (χ3v) is 7.77. The lowest BCUT2D eigenvalue weighted by atomic mass is 10.2. The number of rotatable bonds is 7. The van der Waals surface area contributed by atoms with Crippen LogP contribution in [0.25, 0.3) is 0 Å².